The molecule has 2 aromatic carbocycles. The highest BCUT2D eigenvalue weighted by molar-refractivity contribution is 6.28. The largest absolute Gasteiger partial charge is 0.269 e. The van der Waals surface area contributed by atoms with Crippen LogP contribution in [0.5, 0.6) is 0 Å². The van der Waals surface area contributed by atoms with Crippen LogP contribution in [0.4, 0.5) is 11.4 Å². The summed E-state index contributed by atoms with van der Waals surface area (Å²) in [5.74, 6) is -1.30. The number of hydrogen-bond donors (Lipinski definition) is 0. The highest BCUT2D eigenvalue weighted by Gasteiger charge is 2.28. The maximum atomic E-state index is 12.1. The van der Waals surface area contributed by atoms with Crippen LogP contribution in [-0.2, 0) is 38.4 Å². The Labute approximate surface area is 193 Å². The molecule has 0 saturated heterocycles. The van der Waals surface area contributed by atoms with Crippen molar-refractivity contribution in [2.75, 3.05) is 9.80 Å². The number of aryl methyl sites for hydroxylation is 4. The minimum Gasteiger partial charge on any atom is -0.269 e. The fourth-order valence-electron chi connectivity index (χ4n) is 4.62. The SMILES string of the molecule is CCc1cc(N2C(=O)C=CC2=O)cc(C)c1Cc1c(C)cc(N2C(=O)C=CC2=O)cc1CC. The Bertz CT molecular complexity index is 1140. The summed E-state index contributed by atoms with van der Waals surface area (Å²) in [4.78, 5) is 51.0. The van der Waals surface area contributed by atoms with Crippen molar-refractivity contribution in [2.45, 2.75) is 47.0 Å². The lowest BCUT2D eigenvalue weighted by Crippen LogP contribution is -2.30. The molecule has 0 unspecified atom stereocenters. The van der Waals surface area contributed by atoms with Crippen molar-refractivity contribution in [3.63, 3.8) is 0 Å². The number of carbonyl (C=O) groups is 4. The molecule has 0 saturated carbocycles. The molecule has 0 radical (unpaired) electrons. The van der Waals surface area contributed by atoms with Gasteiger partial charge in [0.25, 0.3) is 23.6 Å². The number of benzene rings is 2. The molecule has 0 aromatic heterocycles. The molecule has 2 aromatic rings. The summed E-state index contributed by atoms with van der Waals surface area (Å²) >= 11 is 0. The summed E-state index contributed by atoms with van der Waals surface area (Å²) in [5, 5.41) is 0. The molecule has 2 heterocycles. The predicted molar refractivity (Wildman–Crippen MR) is 127 cm³/mol. The molecule has 0 fully saturated rings. The lowest BCUT2D eigenvalue weighted by molar-refractivity contribution is -0.121. The van der Waals surface area contributed by atoms with E-state index in [1.165, 1.54) is 34.1 Å². The summed E-state index contributed by atoms with van der Waals surface area (Å²) < 4.78 is 0. The lowest BCUT2D eigenvalue weighted by atomic mass is 9.88. The normalized spacial score (nSPS) is 15.5. The van der Waals surface area contributed by atoms with Gasteiger partial charge in [0.1, 0.15) is 0 Å². The van der Waals surface area contributed by atoms with Crippen LogP contribution >= 0.6 is 0 Å². The molecule has 0 aliphatic carbocycles. The number of anilines is 2. The fraction of sp³-hybridized carbons (Fsp3) is 0.259. The summed E-state index contributed by atoms with van der Waals surface area (Å²) in [6.07, 6.45) is 7.37. The maximum absolute atomic E-state index is 12.1. The highest BCUT2D eigenvalue weighted by Crippen LogP contribution is 2.32. The molecule has 0 atom stereocenters. The second-order valence-corrected chi connectivity index (χ2v) is 8.38. The molecule has 2 aliphatic heterocycles. The van der Waals surface area contributed by atoms with Gasteiger partial charge in [-0.3, -0.25) is 19.2 Å². The molecular weight excluding hydrogens is 416 g/mol. The van der Waals surface area contributed by atoms with Gasteiger partial charge >= 0.3 is 0 Å². The molecule has 168 valence electrons. The van der Waals surface area contributed by atoms with Crippen molar-refractivity contribution in [3.05, 3.63) is 82.0 Å². The van der Waals surface area contributed by atoms with Gasteiger partial charge in [0.15, 0.2) is 0 Å². The van der Waals surface area contributed by atoms with Crippen LogP contribution in [0.15, 0.2) is 48.6 Å². The molecule has 2 aliphatic rings. The first-order chi connectivity index (χ1) is 15.7. The average molecular weight is 443 g/mol. The van der Waals surface area contributed by atoms with E-state index in [0.717, 1.165) is 46.2 Å². The van der Waals surface area contributed by atoms with Gasteiger partial charge < -0.3 is 0 Å². The van der Waals surface area contributed by atoms with Crippen LogP contribution in [0.25, 0.3) is 0 Å². The minimum absolute atomic E-state index is 0.325. The standard InChI is InChI=1S/C27H26N2O4/c1-5-18-13-20(28-24(30)7-8-25(28)31)11-16(3)22(18)15-23-17(4)12-21(14-19(23)6-2)29-26(32)9-10-27(29)33/h7-14H,5-6,15H2,1-4H3. The Morgan fingerprint density at radius 1 is 0.576 bits per heavy atom. The first-order valence-electron chi connectivity index (χ1n) is 11.1. The fourth-order valence-corrected chi connectivity index (χ4v) is 4.62. The molecule has 33 heavy (non-hydrogen) atoms. The number of rotatable bonds is 6. The number of carbonyl (C=O) groups excluding carboxylic acids is 4. The van der Waals surface area contributed by atoms with Gasteiger partial charge in [0.05, 0.1) is 11.4 Å². The number of nitrogens with zero attached hydrogens (tertiary/aromatic N) is 2. The van der Waals surface area contributed by atoms with Crippen LogP contribution in [0.2, 0.25) is 0 Å². The zero-order valence-corrected chi connectivity index (χ0v) is 19.3. The van der Waals surface area contributed by atoms with Crippen LogP contribution in [0, 0.1) is 13.8 Å². The Hall–Kier alpha value is -3.80. The molecule has 4 rings (SSSR count). The number of amides is 4. The van der Waals surface area contributed by atoms with Gasteiger partial charge in [0, 0.05) is 24.3 Å². The van der Waals surface area contributed by atoms with Crippen LogP contribution < -0.4 is 9.80 Å². The van der Waals surface area contributed by atoms with Gasteiger partial charge in [-0.15, -0.1) is 0 Å². The number of imide groups is 2. The maximum Gasteiger partial charge on any atom is 0.258 e. The van der Waals surface area contributed by atoms with Crippen molar-refractivity contribution in [1.82, 2.24) is 0 Å². The Morgan fingerprint density at radius 3 is 1.21 bits per heavy atom. The summed E-state index contributed by atoms with van der Waals surface area (Å²) in [5.41, 5.74) is 7.69. The Kier molecular flexibility index (Phi) is 5.85. The summed E-state index contributed by atoms with van der Waals surface area (Å²) in [7, 11) is 0. The van der Waals surface area contributed by atoms with Crippen molar-refractivity contribution in [3.8, 4) is 0 Å². The summed E-state index contributed by atoms with van der Waals surface area (Å²) in [6.45, 7) is 8.11. The van der Waals surface area contributed by atoms with Crippen molar-refractivity contribution < 1.29 is 19.2 Å². The smallest absolute Gasteiger partial charge is 0.258 e. The molecule has 4 amide bonds. The highest BCUT2D eigenvalue weighted by atomic mass is 16.2. The lowest BCUT2D eigenvalue weighted by Gasteiger charge is -2.22. The van der Waals surface area contributed by atoms with Crippen LogP contribution in [0.3, 0.4) is 0 Å². The summed E-state index contributed by atoms with van der Waals surface area (Å²) in [6, 6.07) is 7.63. The van der Waals surface area contributed by atoms with E-state index in [2.05, 4.69) is 13.8 Å². The Morgan fingerprint density at radius 2 is 0.909 bits per heavy atom. The second-order valence-electron chi connectivity index (χ2n) is 8.38. The zero-order chi connectivity index (χ0) is 23.9. The molecule has 0 bridgehead atoms. The first-order valence-corrected chi connectivity index (χ1v) is 11.1. The first kappa shape index (κ1) is 22.4. The predicted octanol–water partition coefficient (Wildman–Crippen LogP) is 3.88. The third-order valence-corrected chi connectivity index (χ3v) is 6.35. The average Bonchev–Trinajstić information content (AvgIpc) is 3.30. The molecular formula is C27H26N2O4. The van der Waals surface area contributed by atoms with E-state index in [9.17, 15) is 19.2 Å². The van der Waals surface area contributed by atoms with E-state index >= 15 is 0 Å². The van der Waals surface area contributed by atoms with Gasteiger partial charge in [-0.1, -0.05) is 13.8 Å². The van der Waals surface area contributed by atoms with Gasteiger partial charge in [-0.05, 0) is 90.8 Å². The van der Waals surface area contributed by atoms with E-state index in [4.69, 9.17) is 0 Å². The number of hydrogen-bond acceptors (Lipinski definition) is 4. The molecule has 0 spiro atoms. The van der Waals surface area contributed by atoms with Crippen molar-refractivity contribution in [2.24, 2.45) is 0 Å². The van der Waals surface area contributed by atoms with E-state index in [1.54, 1.807) is 0 Å². The molecule has 0 N–H and O–H groups in total. The Balaban J connectivity index is 1.73. The molecule has 6 heteroatoms. The minimum atomic E-state index is -0.325. The topological polar surface area (TPSA) is 74.8 Å². The van der Waals surface area contributed by atoms with E-state index in [-0.39, 0.29) is 23.6 Å². The monoisotopic (exact) mass is 442 g/mol. The van der Waals surface area contributed by atoms with Crippen molar-refractivity contribution >= 4 is 35.0 Å². The van der Waals surface area contributed by atoms with Crippen LogP contribution in [0.1, 0.15) is 47.2 Å². The van der Waals surface area contributed by atoms with Gasteiger partial charge in [-0.25, -0.2) is 9.80 Å². The van der Waals surface area contributed by atoms with Crippen LogP contribution in [-0.4, -0.2) is 23.6 Å². The third kappa shape index (κ3) is 3.93. The van der Waals surface area contributed by atoms with Gasteiger partial charge in [0.2, 0.25) is 0 Å². The van der Waals surface area contributed by atoms with E-state index < -0.39 is 0 Å². The van der Waals surface area contributed by atoms with Crippen molar-refractivity contribution in [1.29, 1.82) is 0 Å². The quantitative estimate of drug-likeness (QED) is 0.637. The second kappa shape index (κ2) is 8.62. The third-order valence-electron chi connectivity index (χ3n) is 6.35. The van der Waals surface area contributed by atoms with E-state index in [1.807, 2.05) is 38.1 Å². The zero-order valence-electron chi connectivity index (χ0n) is 19.3. The molecule has 6 nitrogen and oxygen atoms in total. The van der Waals surface area contributed by atoms with E-state index in [0.29, 0.717) is 17.8 Å². The van der Waals surface area contributed by atoms with Gasteiger partial charge in [-0.2, -0.15) is 0 Å².